The second-order valence-corrected chi connectivity index (χ2v) is 2.71. The van der Waals surface area contributed by atoms with Gasteiger partial charge in [-0.15, -0.1) is 0 Å². The van der Waals surface area contributed by atoms with Gasteiger partial charge in [-0.1, -0.05) is 0 Å². The third kappa shape index (κ3) is 1.23. The van der Waals surface area contributed by atoms with Gasteiger partial charge in [-0.2, -0.15) is 0 Å². The minimum absolute atomic E-state index is 0.445. The lowest BCUT2D eigenvalue weighted by molar-refractivity contribution is 0.261. The molecule has 0 bridgehead atoms. The van der Waals surface area contributed by atoms with Gasteiger partial charge in [0.1, 0.15) is 6.33 Å². The van der Waals surface area contributed by atoms with Crippen molar-refractivity contribution in [1.29, 1.82) is 0 Å². The Morgan fingerprint density at radius 1 is 1.62 bits per heavy atom. The zero-order chi connectivity index (χ0) is 9.26. The lowest BCUT2D eigenvalue weighted by Crippen LogP contribution is -2.26. The Hall–Kier alpha value is -1.62. The molecule has 0 saturated heterocycles. The molecule has 1 aromatic heterocycles. The predicted molar refractivity (Wildman–Crippen MR) is 48.2 cm³/mol. The molecule has 5 nitrogen and oxygen atoms in total. The predicted octanol–water partition coefficient (Wildman–Crippen LogP) is 0.246. The monoisotopic (exact) mass is 178 g/mol. The SMILES string of the molecule is CNC1=CCN(O)c2ncncc21. The van der Waals surface area contributed by atoms with Gasteiger partial charge in [0.2, 0.25) is 0 Å². The molecule has 0 amide bonds. The third-order valence-electron chi connectivity index (χ3n) is 1.96. The molecule has 2 rings (SSSR count). The van der Waals surface area contributed by atoms with Gasteiger partial charge in [-0.3, -0.25) is 5.21 Å². The standard InChI is InChI=1S/C8H10N4O/c1-9-7-2-3-12(13)8-6(7)4-10-5-11-8/h2,4-5,9,13H,3H2,1H3. The first-order chi connectivity index (χ1) is 6.33. The normalized spacial score (nSPS) is 14.9. The smallest absolute Gasteiger partial charge is 0.165 e. The number of hydrogen-bond donors (Lipinski definition) is 2. The van der Waals surface area contributed by atoms with Crippen LogP contribution in [0.2, 0.25) is 0 Å². The number of rotatable bonds is 1. The first kappa shape index (κ1) is 8.00. The second kappa shape index (κ2) is 3.02. The Labute approximate surface area is 75.7 Å². The molecule has 68 valence electrons. The summed E-state index contributed by atoms with van der Waals surface area (Å²) in [7, 11) is 1.83. The van der Waals surface area contributed by atoms with Gasteiger partial charge in [0, 0.05) is 18.9 Å². The van der Waals surface area contributed by atoms with E-state index >= 15 is 0 Å². The maximum Gasteiger partial charge on any atom is 0.165 e. The zero-order valence-electron chi connectivity index (χ0n) is 7.23. The van der Waals surface area contributed by atoms with E-state index in [4.69, 9.17) is 0 Å². The molecule has 2 N–H and O–H groups in total. The highest BCUT2D eigenvalue weighted by Crippen LogP contribution is 2.24. The average Bonchev–Trinajstić information content (AvgIpc) is 2.19. The summed E-state index contributed by atoms with van der Waals surface area (Å²) in [5.74, 6) is 0.543. The van der Waals surface area contributed by atoms with Crippen LogP contribution in [0.5, 0.6) is 0 Å². The summed E-state index contributed by atoms with van der Waals surface area (Å²) in [6, 6.07) is 0. The molecular weight excluding hydrogens is 168 g/mol. The van der Waals surface area contributed by atoms with E-state index in [-0.39, 0.29) is 0 Å². The van der Waals surface area contributed by atoms with Crippen LogP contribution in [0.4, 0.5) is 5.82 Å². The van der Waals surface area contributed by atoms with E-state index in [2.05, 4.69) is 15.3 Å². The molecule has 2 heterocycles. The quantitative estimate of drug-likeness (QED) is 0.645. The molecule has 5 heteroatoms. The van der Waals surface area contributed by atoms with Crippen LogP contribution < -0.4 is 10.4 Å². The van der Waals surface area contributed by atoms with Crippen LogP contribution in [0.1, 0.15) is 5.56 Å². The molecule has 13 heavy (non-hydrogen) atoms. The molecule has 0 saturated carbocycles. The fourth-order valence-electron chi connectivity index (χ4n) is 1.33. The van der Waals surface area contributed by atoms with Crippen LogP contribution in [0.25, 0.3) is 5.70 Å². The van der Waals surface area contributed by atoms with E-state index in [0.29, 0.717) is 12.4 Å². The Bertz CT molecular complexity index is 350. The van der Waals surface area contributed by atoms with Crippen LogP contribution in [0, 0.1) is 0 Å². The molecule has 1 aliphatic rings. The van der Waals surface area contributed by atoms with Crippen LogP contribution >= 0.6 is 0 Å². The number of anilines is 1. The topological polar surface area (TPSA) is 61.3 Å². The summed E-state index contributed by atoms with van der Waals surface area (Å²) in [5, 5.41) is 13.6. The number of aromatic nitrogens is 2. The molecular formula is C8H10N4O. The third-order valence-corrected chi connectivity index (χ3v) is 1.96. The number of hydroxylamine groups is 1. The van der Waals surface area contributed by atoms with Gasteiger partial charge < -0.3 is 5.32 Å². The number of nitrogens with one attached hydrogen (secondary N) is 1. The van der Waals surface area contributed by atoms with Crippen LogP contribution in [0.15, 0.2) is 18.6 Å². The van der Waals surface area contributed by atoms with Crippen molar-refractivity contribution in [3.8, 4) is 0 Å². The lowest BCUT2D eigenvalue weighted by Gasteiger charge is -2.23. The van der Waals surface area contributed by atoms with Crippen molar-refractivity contribution in [2.75, 3.05) is 18.7 Å². The maximum absolute atomic E-state index is 9.45. The molecule has 0 aromatic carbocycles. The minimum Gasteiger partial charge on any atom is -0.388 e. The number of nitrogens with zero attached hydrogens (tertiary/aromatic N) is 3. The van der Waals surface area contributed by atoms with E-state index in [1.165, 1.54) is 6.33 Å². The molecule has 0 fully saturated rings. The van der Waals surface area contributed by atoms with E-state index in [9.17, 15) is 5.21 Å². The van der Waals surface area contributed by atoms with Crippen molar-refractivity contribution in [3.05, 3.63) is 24.2 Å². The molecule has 1 aromatic rings. The van der Waals surface area contributed by atoms with E-state index in [1.807, 2.05) is 13.1 Å². The first-order valence-electron chi connectivity index (χ1n) is 3.97. The Morgan fingerprint density at radius 2 is 2.46 bits per heavy atom. The molecule has 0 unspecified atom stereocenters. The Kier molecular flexibility index (Phi) is 1.86. The summed E-state index contributed by atoms with van der Waals surface area (Å²) in [6.45, 7) is 0.445. The summed E-state index contributed by atoms with van der Waals surface area (Å²) in [4.78, 5) is 7.88. The van der Waals surface area contributed by atoms with Crippen molar-refractivity contribution in [2.45, 2.75) is 0 Å². The molecule has 0 atom stereocenters. The lowest BCUT2D eigenvalue weighted by atomic mass is 10.1. The van der Waals surface area contributed by atoms with Crippen molar-refractivity contribution < 1.29 is 5.21 Å². The van der Waals surface area contributed by atoms with Gasteiger partial charge in [0.25, 0.3) is 0 Å². The van der Waals surface area contributed by atoms with Crippen molar-refractivity contribution in [2.24, 2.45) is 0 Å². The minimum atomic E-state index is 0.445. The Balaban J connectivity index is 2.52. The Morgan fingerprint density at radius 3 is 3.23 bits per heavy atom. The molecule has 0 aliphatic carbocycles. The summed E-state index contributed by atoms with van der Waals surface area (Å²) >= 11 is 0. The summed E-state index contributed by atoms with van der Waals surface area (Å²) in [5.41, 5.74) is 1.76. The molecule has 1 aliphatic heterocycles. The fourth-order valence-corrected chi connectivity index (χ4v) is 1.33. The van der Waals surface area contributed by atoms with E-state index < -0.39 is 0 Å². The average molecular weight is 178 g/mol. The van der Waals surface area contributed by atoms with Gasteiger partial charge in [-0.05, 0) is 6.08 Å². The van der Waals surface area contributed by atoms with Crippen molar-refractivity contribution in [3.63, 3.8) is 0 Å². The summed E-state index contributed by atoms with van der Waals surface area (Å²) < 4.78 is 0. The highest BCUT2D eigenvalue weighted by molar-refractivity contribution is 5.75. The van der Waals surface area contributed by atoms with Crippen molar-refractivity contribution >= 4 is 11.5 Å². The van der Waals surface area contributed by atoms with Gasteiger partial charge in [0.05, 0.1) is 12.1 Å². The first-order valence-corrected chi connectivity index (χ1v) is 3.97. The maximum atomic E-state index is 9.45. The fraction of sp³-hybridized carbons (Fsp3) is 0.250. The van der Waals surface area contributed by atoms with Gasteiger partial charge in [-0.25, -0.2) is 15.0 Å². The van der Waals surface area contributed by atoms with Crippen LogP contribution in [-0.2, 0) is 0 Å². The van der Waals surface area contributed by atoms with E-state index in [1.54, 1.807) is 6.20 Å². The number of fused-ring (bicyclic) bond motifs is 1. The van der Waals surface area contributed by atoms with E-state index in [0.717, 1.165) is 16.3 Å². The van der Waals surface area contributed by atoms with Crippen LogP contribution in [-0.4, -0.2) is 28.8 Å². The zero-order valence-corrected chi connectivity index (χ0v) is 7.23. The summed E-state index contributed by atoms with van der Waals surface area (Å²) in [6.07, 6.45) is 4.97. The van der Waals surface area contributed by atoms with Gasteiger partial charge >= 0.3 is 0 Å². The van der Waals surface area contributed by atoms with Gasteiger partial charge in [0.15, 0.2) is 5.82 Å². The molecule has 0 radical (unpaired) electrons. The molecule has 0 spiro atoms. The van der Waals surface area contributed by atoms with Crippen molar-refractivity contribution in [1.82, 2.24) is 15.3 Å². The van der Waals surface area contributed by atoms with Crippen LogP contribution in [0.3, 0.4) is 0 Å². The highest BCUT2D eigenvalue weighted by Gasteiger charge is 2.17. The second-order valence-electron chi connectivity index (χ2n) is 2.71. The highest BCUT2D eigenvalue weighted by atomic mass is 16.5. The largest absolute Gasteiger partial charge is 0.388 e. The number of hydrogen-bond acceptors (Lipinski definition) is 5.